The fourth-order valence-corrected chi connectivity index (χ4v) is 1.27. The summed E-state index contributed by atoms with van der Waals surface area (Å²) >= 11 is 0. The minimum absolute atomic E-state index is 0.0960. The van der Waals surface area contributed by atoms with Gasteiger partial charge in [0, 0.05) is 6.42 Å². The number of rotatable bonds is 8. The largest absolute Gasteiger partial charge is 0.465 e. The second kappa shape index (κ2) is 8.00. The van der Waals surface area contributed by atoms with Gasteiger partial charge in [0.15, 0.2) is 5.41 Å². The van der Waals surface area contributed by atoms with Gasteiger partial charge in [-0.25, -0.2) is 8.78 Å². The van der Waals surface area contributed by atoms with E-state index in [0.29, 0.717) is 12.8 Å². The molecular weight excluding hydrogens is 246 g/mol. The first-order valence-corrected chi connectivity index (χ1v) is 6.01. The first-order chi connectivity index (χ1) is 8.38. The minimum Gasteiger partial charge on any atom is -0.465 e. The molecule has 0 rings (SSSR count). The molecule has 0 saturated carbocycles. The van der Waals surface area contributed by atoms with Crippen LogP contribution in [0.2, 0.25) is 0 Å². The van der Waals surface area contributed by atoms with Crippen LogP contribution in [0.4, 0.5) is 8.78 Å². The van der Waals surface area contributed by atoms with Crippen LogP contribution in [-0.2, 0) is 19.1 Å². The summed E-state index contributed by atoms with van der Waals surface area (Å²) < 4.78 is 34.5. The normalized spacial score (nSPS) is 11.4. The van der Waals surface area contributed by atoms with Gasteiger partial charge >= 0.3 is 11.9 Å². The molecular formula is C12H20F2O4. The van der Waals surface area contributed by atoms with Crippen LogP contribution in [0, 0.1) is 5.41 Å². The van der Waals surface area contributed by atoms with Crippen molar-refractivity contribution in [1.82, 2.24) is 0 Å². The summed E-state index contributed by atoms with van der Waals surface area (Å²) in [5.74, 6) is -1.91. The van der Waals surface area contributed by atoms with Crippen molar-refractivity contribution in [2.24, 2.45) is 5.41 Å². The Labute approximate surface area is 106 Å². The molecule has 0 spiro atoms. The lowest BCUT2D eigenvalue weighted by atomic mass is 9.87. The van der Waals surface area contributed by atoms with Gasteiger partial charge in [0.05, 0.1) is 13.2 Å². The summed E-state index contributed by atoms with van der Waals surface area (Å²) in [6, 6.07) is 0. The molecule has 0 bridgehead atoms. The summed E-state index contributed by atoms with van der Waals surface area (Å²) in [5.41, 5.74) is -1.93. The van der Waals surface area contributed by atoms with E-state index in [1.807, 2.05) is 0 Å². The van der Waals surface area contributed by atoms with Crippen molar-refractivity contribution in [3.8, 4) is 0 Å². The van der Waals surface area contributed by atoms with Crippen molar-refractivity contribution in [3.63, 3.8) is 0 Å². The molecule has 6 heteroatoms. The molecule has 0 heterocycles. The topological polar surface area (TPSA) is 52.6 Å². The number of carbonyl (C=O) groups is 2. The number of ether oxygens (including phenoxy) is 2. The highest BCUT2D eigenvalue weighted by Crippen LogP contribution is 2.29. The Bertz CT molecular complexity index is 259. The highest BCUT2D eigenvalue weighted by atomic mass is 19.3. The number of hydrogen-bond donors (Lipinski definition) is 0. The Hall–Kier alpha value is -1.20. The molecule has 0 aliphatic rings. The average Bonchev–Trinajstić information content (AvgIpc) is 2.31. The second-order valence-electron chi connectivity index (χ2n) is 4.20. The van der Waals surface area contributed by atoms with Crippen molar-refractivity contribution in [2.75, 3.05) is 13.2 Å². The molecule has 0 aromatic heterocycles. The van der Waals surface area contributed by atoms with Crippen LogP contribution in [0.5, 0.6) is 0 Å². The van der Waals surface area contributed by atoms with Gasteiger partial charge in [-0.05, 0) is 19.8 Å². The molecule has 0 fully saturated rings. The molecule has 4 nitrogen and oxygen atoms in total. The Morgan fingerprint density at radius 2 is 1.44 bits per heavy atom. The van der Waals surface area contributed by atoms with Gasteiger partial charge in [-0.2, -0.15) is 0 Å². The van der Waals surface area contributed by atoms with Gasteiger partial charge in [0.2, 0.25) is 6.43 Å². The Kier molecular flexibility index (Phi) is 7.47. The average molecular weight is 266 g/mol. The maximum absolute atomic E-state index is 12.5. The van der Waals surface area contributed by atoms with Crippen molar-refractivity contribution in [1.29, 1.82) is 0 Å². The van der Waals surface area contributed by atoms with Crippen LogP contribution in [0.15, 0.2) is 0 Å². The fourth-order valence-electron chi connectivity index (χ4n) is 1.27. The smallest absolute Gasteiger partial charge is 0.323 e. The summed E-state index contributed by atoms with van der Waals surface area (Å²) in [6.45, 7) is 4.87. The molecule has 0 radical (unpaired) electrons. The molecule has 0 N–H and O–H groups in total. The standard InChI is InChI=1S/C12H20F2O4/c1-4-6-17-10(15)12(3,8-9(13)14)11(16)18-7-5-2/h9H,4-8H2,1-3H3. The molecule has 0 aliphatic carbocycles. The SMILES string of the molecule is CCCOC(=O)C(C)(CC(F)F)C(=O)OCCC. The zero-order valence-electron chi connectivity index (χ0n) is 11.0. The molecule has 0 unspecified atom stereocenters. The highest BCUT2D eigenvalue weighted by Gasteiger charge is 2.46. The molecule has 18 heavy (non-hydrogen) atoms. The second-order valence-corrected chi connectivity index (χ2v) is 4.20. The van der Waals surface area contributed by atoms with Crippen LogP contribution in [-0.4, -0.2) is 31.6 Å². The molecule has 0 aliphatic heterocycles. The first-order valence-electron chi connectivity index (χ1n) is 6.01. The van der Waals surface area contributed by atoms with Gasteiger partial charge in [-0.15, -0.1) is 0 Å². The van der Waals surface area contributed by atoms with E-state index in [4.69, 9.17) is 9.47 Å². The Morgan fingerprint density at radius 3 is 1.72 bits per heavy atom. The van der Waals surface area contributed by atoms with Crippen LogP contribution in [0.3, 0.4) is 0 Å². The highest BCUT2D eigenvalue weighted by molar-refractivity contribution is 5.99. The van der Waals surface area contributed by atoms with Crippen LogP contribution < -0.4 is 0 Å². The van der Waals surface area contributed by atoms with E-state index in [1.54, 1.807) is 13.8 Å². The molecule has 0 amide bonds. The summed E-state index contributed by atoms with van der Waals surface area (Å²) in [5, 5.41) is 0. The maximum atomic E-state index is 12.5. The molecule has 0 aromatic carbocycles. The van der Waals surface area contributed by atoms with Crippen molar-refractivity contribution in [2.45, 2.75) is 46.5 Å². The lowest BCUT2D eigenvalue weighted by molar-refractivity contribution is -0.174. The third-order valence-electron chi connectivity index (χ3n) is 2.34. The van der Waals surface area contributed by atoms with Gasteiger partial charge < -0.3 is 9.47 Å². The van der Waals surface area contributed by atoms with E-state index >= 15 is 0 Å². The van der Waals surface area contributed by atoms with Crippen LogP contribution in [0.1, 0.15) is 40.0 Å². The van der Waals surface area contributed by atoms with Gasteiger partial charge in [0.1, 0.15) is 0 Å². The van der Waals surface area contributed by atoms with Crippen molar-refractivity contribution >= 4 is 11.9 Å². The monoisotopic (exact) mass is 266 g/mol. The Balaban J connectivity index is 4.80. The van der Waals surface area contributed by atoms with Crippen LogP contribution in [0.25, 0.3) is 0 Å². The van der Waals surface area contributed by atoms with Crippen molar-refractivity contribution in [3.05, 3.63) is 0 Å². The number of carbonyl (C=O) groups excluding carboxylic acids is 2. The zero-order chi connectivity index (χ0) is 14.2. The maximum Gasteiger partial charge on any atom is 0.323 e. The number of esters is 2. The predicted molar refractivity (Wildman–Crippen MR) is 61.2 cm³/mol. The molecule has 0 saturated heterocycles. The van der Waals surface area contributed by atoms with E-state index in [9.17, 15) is 18.4 Å². The summed E-state index contributed by atoms with van der Waals surface area (Å²) in [6.07, 6.45) is -2.56. The summed E-state index contributed by atoms with van der Waals surface area (Å²) in [7, 11) is 0. The number of halogens is 2. The number of hydrogen-bond acceptors (Lipinski definition) is 4. The van der Waals surface area contributed by atoms with E-state index < -0.39 is 30.2 Å². The summed E-state index contributed by atoms with van der Waals surface area (Å²) in [4.78, 5) is 23.4. The van der Waals surface area contributed by atoms with Gasteiger partial charge in [0.25, 0.3) is 0 Å². The van der Waals surface area contributed by atoms with E-state index in [-0.39, 0.29) is 13.2 Å². The lowest BCUT2D eigenvalue weighted by Crippen LogP contribution is -2.41. The molecule has 0 aromatic rings. The van der Waals surface area contributed by atoms with Crippen LogP contribution >= 0.6 is 0 Å². The first kappa shape index (κ1) is 16.8. The van der Waals surface area contributed by atoms with Gasteiger partial charge in [-0.3, -0.25) is 9.59 Å². The number of alkyl halides is 2. The van der Waals surface area contributed by atoms with E-state index in [0.717, 1.165) is 6.92 Å². The van der Waals surface area contributed by atoms with Crippen molar-refractivity contribution < 1.29 is 27.8 Å². The lowest BCUT2D eigenvalue weighted by Gasteiger charge is -2.24. The fraction of sp³-hybridized carbons (Fsp3) is 0.833. The molecule has 106 valence electrons. The quantitative estimate of drug-likeness (QED) is 0.500. The van der Waals surface area contributed by atoms with E-state index in [1.165, 1.54) is 0 Å². The molecule has 0 atom stereocenters. The predicted octanol–water partition coefficient (Wildman–Crippen LogP) is 2.55. The zero-order valence-corrected chi connectivity index (χ0v) is 11.0. The Morgan fingerprint density at radius 1 is 1.06 bits per heavy atom. The third-order valence-corrected chi connectivity index (χ3v) is 2.34. The third kappa shape index (κ3) is 4.98. The minimum atomic E-state index is -2.78. The van der Waals surface area contributed by atoms with Gasteiger partial charge in [-0.1, -0.05) is 13.8 Å². The van der Waals surface area contributed by atoms with E-state index in [2.05, 4.69) is 0 Å².